The van der Waals surface area contributed by atoms with Crippen molar-refractivity contribution in [3.63, 3.8) is 0 Å². The average molecular weight is 238 g/mol. The van der Waals surface area contributed by atoms with Crippen LogP contribution in [0.3, 0.4) is 0 Å². The van der Waals surface area contributed by atoms with Crippen LogP contribution in [0.4, 0.5) is 0 Å². The molecule has 84 valence electrons. The molecule has 4 nitrogen and oxygen atoms in total. The number of aromatic nitrogens is 3. The molecule has 0 spiro atoms. The summed E-state index contributed by atoms with van der Waals surface area (Å²) in [4.78, 5) is 4.21. The van der Waals surface area contributed by atoms with Crippen LogP contribution >= 0.6 is 11.6 Å². The van der Waals surface area contributed by atoms with Gasteiger partial charge in [0.2, 0.25) is 0 Å². The van der Waals surface area contributed by atoms with Gasteiger partial charge in [-0.25, -0.2) is 4.98 Å². The summed E-state index contributed by atoms with van der Waals surface area (Å²) in [5, 5.41) is 17.1. The first-order valence-corrected chi connectivity index (χ1v) is 5.26. The Morgan fingerprint density at radius 2 is 2.00 bits per heavy atom. The summed E-state index contributed by atoms with van der Waals surface area (Å²) in [6.07, 6.45) is 0. The second-order valence-corrected chi connectivity index (χ2v) is 4.45. The van der Waals surface area contributed by atoms with E-state index in [1.807, 2.05) is 18.2 Å². The smallest absolute Gasteiger partial charge is 0.182 e. The minimum atomic E-state index is -1.04. The molecule has 2 aromatic rings. The van der Waals surface area contributed by atoms with Crippen molar-refractivity contribution >= 4 is 11.6 Å². The molecule has 5 heteroatoms. The molecule has 2 N–H and O–H groups in total. The van der Waals surface area contributed by atoms with Crippen LogP contribution < -0.4 is 0 Å². The molecule has 1 aromatic heterocycles. The molecule has 0 radical (unpaired) electrons. The molecule has 1 aromatic carbocycles. The van der Waals surface area contributed by atoms with Gasteiger partial charge in [0, 0.05) is 5.56 Å². The maximum Gasteiger partial charge on any atom is 0.182 e. The van der Waals surface area contributed by atoms with E-state index in [2.05, 4.69) is 15.2 Å². The van der Waals surface area contributed by atoms with Gasteiger partial charge in [-0.3, -0.25) is 5.10 Å². The summed E-state index contributed by atoms with van der Waals surface area (Å²) in [5.41, 5.74) is -0.289. The van der Waals surface area contributed by atoms with Gasteiger partial charge in [0.1, 0.15) is 5.60 Å². The highest BCUT2D eigenvalue weighted by Crippen LogP contribution is 2.25. The predicted octanol–water partition coefficient (Wildman–Crippen LogP) is 2.35. The molecule has 2 rings (SSSR count). The fourth-order valence-electron chi connectivity index (χ4n) is 1.30. The zero-order valence-electron chi connectivity index (χ0n) is 9.03. The zero-order valence-corrected chi connectivity index (χ0v) is 9.78. The summed E-state index contributed by atoms with van der Waals surface area (Å²) in [7, 11) is 0. The highest BCUT2D eigenvalue weighted by Gasteiger charge is 2.21. The van der Waals surface area contributed by atoms with E-state index in [1.54, 1.807) is 19.9 Å². The minimum absolute atomic E-state index is 0.419. The lowest BCUT2D eigenvalue weighted by molar-refractivity contribution is 0.0692. The van der Waals surface area contributed by atoms with Gasteiger partial charge in [-0.2, -0.15) is 5.10 Å². The molecule has 1 heterocycles. The van der Waals surface area contributed by atoms with Crippen molar-refractivity contribution in [2.24, 2.45) is 0 Å². The first-order chi connectivity index (χ1) is 7.48. The second kappa shape index (κ2) is 3.88. The van der Waals surface area contributed by atoms with Crippen molar-refractivity contribution in [3.8, 4) is 11.4 Å². The molecular formula is C11H12ClN3O. The first kappa shape index (κ1) is 11.1. The summed E-state index contributed by atoms with van der Waals surface area (Å²) < 4.78 is 0. The van der Waals surface area contributed by atoms with Gasteiger partial charge in [-0.15, -0.1) is 0 Å². The lowest BCUT2D eigenvalue weighted by Crippen LogP contribution is -2.17. The van der Waals surface area contributed by atoms with Crippen molar-refractivity contribution in [2.45, 2.75) is 19.4 Å². The van der Waals surface area contributed by atoms with Crippen LogP contribution in [-0.2, 0) is 5.60 Å². The Morgan fingerprint density at radius 3 is 2.56 bits per heavy atom. The van der Waals surface area contributed by atoms with E-state index in [0.717, 1.165) is 5.56 Å². The van der Waals surface area contributed by atoms with E-state index in [0.29, 0.717) is 16.7 Å². The largest absolute Gasteiger partial charge is 0.382 e. The Hall–Kier alpha value is -1.39. The van der Waals surface area contributed by atoms with Gasteiger partial charge in [-0.1, -0.05) is 23.7 Å². The highest BCUT2D eigenvalue weighted by molar-refractivity contribution is 6.33. The molecule has 0 amide bonds. The van der Waals surface area contributed by atoms with Crippen LogP contribution in [0.15, 0.2) is 24.3 Å². The van der Waals surface area contributed by atoms with Gasteiger partial charge < -0.3 is 5.11 Å². The number of nitrogens with zero attached hydrogens (tertiary/aromatic N) is 2. The number of H-pyrrole nitrogens is 1. The third-order valence-corrected chi connectivity index (χ3v) is 2.51. The third kappa shape index (κ3) is 2.08. The molecular weight excluding hydrogens is 226 g/mol. The van der Waals surface area contributed by atoms with E-state index in [9.17, 15) is 5.11 Å². The van der Waals surface area contributed by atoms with E-state index in [-0.39, 0.29) is 0 Å². The monoisotopic (exact) mass is 237 g/mol. The fourth-order valence-corrected chi connectivity index (χ4v) is 1.52. The van der Waals surface area contributed by atoms with Gasteiger partial charge in [-0.05, 0) is 26.0 Å². The van der Waals surface area contributed by atoms with Gasteiger partial charge in [0.25, 0.3) is 0 Å². The van der Waals surface area contributed by atoms with E-state index in [1.165, 1.54) is 0 Å². The Morgan fingerprint density at radius 1 is 1.31 bits per heavy atom. The summed E-state index contributed by atoms with van der Waals surface area (Å²) in [6, 6.07) is 7.31. The number of halogens is 1. The number of nitrogens with one attached hydrogen (secondary N) is 1. The van der Waals surface area contributed by atoms with Crippen LogP contribution in [0.5, 0.6) is 0 Å². The molecule has 0 unspecified atom stereocenters. The SMILES string of the molecule is CC(C)(O)c1nc(-c2ccccc2Cl)n[nH]1. The van der Waals surface area contributed by atoms with Crippen molar-refractivity contribution in [1.82, 2.24) is 15.2 Å². The van der Waals surface area contributed by atoms with Gasteiger partial charge in [0.15, 0.2) is 11.6 Å². The van der Waals surface area contributed by atoms with E-state index >= 15 is 0 Å². The van der Waals surface area contributed by atoms with Crippen LogP contribution in [-0.4, -0.2) is 20.3 Å². The summed E-state index contributed by atoms with van der Waals surface area (Å²) in [6.45, 7) is 3.29. The standard InChI is InChI=1S/C11H12ClN3O/c1-11(2,16)10-13-9(14-15-10)7-5-3-4-6-8(7)12/h3-6,16H,1-2H3,(H,13,14,15). The fraction of sp³-hybridized carbons (Fsp3) is 0.273. The minimum Gasteiger partial charge on any atom is -0.382 e. The lowest BCUT2D eigenvalue weighted by atomic mass is 10.1. The van der Waals surface area contributed by atoms with Gasteiger partial charge in [0.05, 0.1) is 5.02 Å². The van der Waals surface area contributed by atoms with Crippen LogP contribution in [0.25, 0.3) is 11.4 Å². The van der Waals surface area contributed by atoms with Crippen LogP contribution in [0.1, 0.15) is 19.7 Å². The number of aromatic amines is 1. The number of rotatable bonds is 2. The molecule has 0 saturated carbocycles. The predicted molar refractivity (Wildman–Crippen MR) is 62.1 cm³/mol. The third-order valence-electron chi connectivity index (χ3n) is 2.18. The summed E-state index contributed by atoms with van der Waals surface area (Å²) >= 11 is 6.03. The normalized spacial score (nSPS) is 11.8. The summed E-state index contributed by atoms with van der Waals surface area (Å²) in [5.74, 6) is 0.908. The molecule has 0 aliphatic heterocycles. The molecule has 0 bridgehead atoms. The molecule has 0 fully saturated rings. The maximum absolute atomic E-state index is 9.75. The maximum atomic E-state index is 9.75. The Bertz CT molecular complexity index is 502. The molecule has 16 heavy (non-hydrogen) atoms. The van der Waals surface area contributed by atoms with Crippen LogP contribution in [0, 0.1) is 0 Å². The molecule has 0 aliphatic carbocycles. The topological polar surface area (TPSA) is 61.8 Å². The van der Waals surface area contributed by atoms with Crippen molar-refractivity contribution in [3.05, 3.63) is 35.1 Å². The molecule has 0 saturated heterocycles. The Balaban J connectivity index is 2.44. The van der Waals surface area contributed by atoms with Crippen molar-refractivity contribution in [1.29, 1.82) is 0 Å². The highest BCUT2D eigenvalue weighted by atomic mass is 35.5. The van der Waals surface area contributed by atoms with Crippen LogP contribution in [0.2, 0.25) is 5.02 Å². The zero-order chi connectivity index (χ0) is 11.8. The van der Waals surface area contributed by atoms with Gasteiger partial charge >= 0.3 is 0 Å². The lowest BCUT2D eigenvalue weighted by Gasteiger charge is -2.11. The number of hydrogen-bond donors (Lipinski definition) is 2. The van der Waals surface area contributed by atoms with E-state index < -0.39 is 5.60 Å². The number of aliphatic hydroxyl groups is 1. The average Bonchev–Trinajstić information content (AvgIpc) is 2.66. The number of benzene rings is 1. The Labute approximate surface area is 98.3 Å². The molecule has 0 aliphatic rings. The quantitative estimate of drug-likeness (QED) is 0.843. The number of hydrogen-bond acceptors (Lipinski definition) is 3. The first-order valence-electron chi connectivity index (χ1n) is 4.88. The van der Waals surface area contributed by atoms with Crippen molar-refractivity contribution < 1.29 is 5.11 Å². The van der Waals surface area contributed by atoms with E-state index in [4.69, 9.17) is 11.6 Å². The second-order valence-electron chi connectivity index (χ2n) is 4.05. The Kier molecular flexibility index (Phi) is 2.69. The van der Waals surface area contributed by atoms with Crippen molar-refractivity contribution in [2.75, 3.05) is 0 Å². The molecule has 0 atom stereocenters.